The Labute approximate surface area is 201 Å². The first-order valence-corrected chi connectivity index (χ1v) is 11.1. The molecule has 4 N–H and O–H groups in total. The molecule has 10 heteroatoms. The van der Waals surface area contributed by atoms with Crippen molar-refractivity contribution in [3.8, 4) is 11.1 Å². The number of aliphatic carboxylic acids is 1. The summed E-state index contributed by atoms with van der Waals surface area (Å²) in [6, 6.07) is 13.6. The van der Waals surface area contributed by atoms with E-state index in [1.807, 2.05) is 48.5 Å². The summed E-state index contributed by atoms with van der Waals surface area (Å²) in [5.74, 6) is -2.06. The number of aromatic nitrogens is 2. The summed E-state index contributed by atoms with van der Waals surface area (Å²) >= 11 is 0. The average molecular weight is 479 g/mol. The van der Waals surface area contributed by atoms with E-state index in [-0.39, 0.29) is 25.6 Å². The zero-order valence-electron chi connectivity index (χ0n) is 19.1. The van der Waals surface area contributed by atoms with Gasteiger partial charge in [-0.25, -0.2) is 14.6 Å². The fraction of sp³-hybridized carbons (Fsp3) is 0.280. The molecule has 1 unspecified atom stereocenters. The van der Waals surface area contributed by atoms with Crippen molar-refractivity contribution in [3.05, 3.63) is 77.9 Å². The second kappa shape index (κ2) is 10.8. The van der Waals surface area contributed by atoms with Crippen LogP contribution in [0.15, 0.2) is 61.1 Å². The number of nitrogens with zero attached hydrogens (tertiary/aromatic N) is 1. The third-order valence-corrected chi connectivity index (χ3v) is 5.88. The van der Waals surface area contributed by atoms with E-state index in [9.17, 15) is 19.5 Å². The van der Waals surface area contributed by atoms with Crippen LogP contribution in [0.5, 0.6) is 0 Å². The molecule has 0 bridgehead atoms. The Kier molecular flexibility index (Phi) is 7.41. The van der Waals surface area contributed by atoms with Gasteiger partial charge in [0, 0.05) is 31.3 Å². The second-order valence-electron chi connectivity index (χ2n) is 8.16. The molecule has 1 aromatic heterocycles. The maximum atomic E-state index is 12.8. The number of carbonyl (C=O) groups excluding carboxylic acids is 2. The van der Waals surface area contributed by atoms with Crippen molar-refractivity contribution >= 4 is 18.0 Å². The maximum Gasteiger partial charge on any atom is 0.407 e. The summed E-state index contributed by atoms with van der Waals surface area (Å²) in [6.07, 6.45) is 2.24. The number of methoxy groups -OCH3 is 1. The minimum Gasteiger partial charge on any atom is -0.480 e. The third-order valence-electron chi connectivity index (χ3n) is 5.88. The van der Waals surface area contributed by atoms with E-state index in [0.717, 1.165) is 22.3 Å². The smallest absolute Gasteiger partial charge is 0.407 e. The van der Waals surface area contributed by atoms with Crippen molar-refractivity contribution in [2.45, 2.75) is 24.4 Å². The Morgan fingerprint density at radius 1 is 1.03 bits per heavy atom. The Hall–Kier alpha value is -4.18. The molecular formula is C25H26N4O6. The number of rotatable bonds is 10. The number of H-pyrrole nitrogens is 1. The van der Waals surface area contributed by atoms with E-state index in [0.29, 0.717) is 5.69 Å². The van der Waals surface area contributed by atoms with Crippen LogP contribution in [0, 0.1) is 0 Å². The number of imidazole rings is 1. The number of alkyl carbamates (subject to hydrolysis) is 1. The number of amides is 2. The summed E-state index contributed by atoms with van der Waals surface area (Å²) in [6.45, 7) is -0.136. The Morgan fingerprint density at radius 2 is 1.69 bits per heavy atom. The number of carboxylic acids is 1. The van der Waals surface area contributed by atoms with Gasteiger partial charge in [-0.3, -0.25) is 4.79 Å². The highest BCUT2D eigenvalue weighted by molar-refractivity contribution is 5.89. The Balaban J connectivity index is 1.44. The Morgan fingerprint density at radius 3 is 2.26 bits per heavy atom. The highest BCUT2D eigenvalue weighted by Gasteiger charge is 2.31. The molecule has 3 aromatic rings. The lowest BCUT2D eigenvalue weighted by atomic mass is 9.98. The summed E-state index contributed by atoms with van der Waals surface area (Å²) in [5.41, 5.74) is 4.93. The number of ether oxygens (including phenoxy) is 2. The van der Waals surface area contributed by atoms with E-state index in [2.05, 4.69) is 20.6 Å². The SMILES string of the molecule is COCC(NC(=O)[C@H](Cc1cnc[nH]1)NC(=O)OCC1c2ccccc2-c2ccccc21)C(=O)O. The zero-order chi connectivity index (χ0) is 24.8. The first-order chi connectivity index (χ1) is 17.0. The van der Waals surface area contributed by atoms with Gasteiger partial charge in [0.15, 0.2) is 6.04 Å². The van der Waals surface area contributed by atoms with E-state index >= 15 is 0 Å². The number of hydrogen-bond acceptors (Lipinski definition) is 6. The molecule has 2 amide bonds. The molecule has 0 saturated heterocycles. The van der Waals surface area contributed by atoms with Crippen LogP contribution in [0.25, 0.3) is 11.1 Å². The fourth-order valence-electron chi connectivity index (χ4n) is 4.22. The van der Waals surface area contributed by atoms with Gasteiger partial charge < -0.3 is 30.2 Å². The standard InChI is InChI=1S/C25H26N4O6/c1-34-13-22(24(31)32)28-23(30)21(10-15-11-26-14-27-15)29-25(33)35-12-20-18-8-4-2-6-16(18)17-7-3-5-9-19(17)20/h2-9,11,14,20-22H,10,12-13H2,1H3,(H,26,27)(H,28,30)(H,29,33)(H,31,32)/t21-,22?/m0/s1. The highest BCUT2D eigenvalue weighted by atomic mass is 16.5. The van der Waals surface area contributed by atoms with Crippen molar-refractivity contribution < 1.29 is 29.0 Å². The first kappa shape index (κ1) is 24.0. The molecule has 1 heterocycles. The number of aromatic amines is 1. The third kappa shape index (κ3) is 5.49. The van der Waals surface area contributed by atoms with Crippen LogP contribution in [0.1, 0.15) is 22.7 Å². The molecule has 10 nitrogen and oxygen atoms in total. The molecule has 4 rings (SSSR count). The van der Waals surface area contributed by atoms with Crippen LogP contribution in [0.4, 0.5) is 4.79 Å². The zero-order valence-corrected chi connectivity index (χ0v) is 19.1. The van der Waals surface area contributed by atoms with Gasteiger partial charge in [-0.1, -0.05) is 48.5 Å². The van der Waals surface area contributed by atoms with Gasteiger partial charge >= 0.3 is 12.1 Å². The minimum atomic E-state index is -1.26. The van der Waals surface area contributed by atoms with Gasteiger partial charge in [-0.15, -0.1) is 0 Å². The molecule has 2 atom stereocenters. The van der Waals surface area contributed by atoms with E-state index < -0.39 is 30.1 Å². The normalized spacial score (nSPS) is 13.9. The van der Waals surface area contributed by atoms with Crippen LogP contribution in [-0.2, 0) is 25.5 Å². The number of fused-ring (bicyclic) bond motifs is 3. The molecule has 0 spiro atoms. The lowest BCUT2D eigenvalue weighted by Crippen LogP contribution is -2.53. The molecule has 35 heavy (non-hydrogen) atoms. The van der Waals surface area contributed by atoms with E-state index in [1.54, 1.807) is 0 Å². The summed E-state index contributed by atoms with van der Waals surface area (Å²) in [5, 5.41) is 14.3. The molecule has 0 radical (unpaired) electrons. The van der Waals surface area contributed by atoms with Gasteiger partial charge in [-0.05, 0) is 22.3 Å². The molecule has 1 aliphatic rings. The predicted molar refractivity (Wildman–Crippen MR) is 126 cm³/mol. The lowest BCUT2D eigenvalue weighted by Gasteiger charge is -2.21. The number of carbonyl (C=O) groups is 3. The highest BCUT2D eigenvalue weighted by Crippen LogP contribution is 2.44. The van der Waals surface area contributed by atoms with E-state index in [4.69, 9.17) is 9.47 Å². The van der Waals surface area contributed by atoms with Gasteiger partial charge in [0.2, 0.25) is 5.91 Å². The molecule has 1 aliphatic carbocycles. The van der Waals surface area contributed by atoms with Gasteiger partial charge in [0.25, 0.3) is 0 Å². The monoisotopic (exact) mass is 478 g/mol. The van der Waals surface area contributed by atoms with Crippen molar-refractivity contribution in [2.75, 3.05) is 20.3 Å². The lowest BCUT2D eigenvalue weighted by molar-refractivity contribution is -0.143. The van der Waals surface area contributed by atoms with Gasteiger partial charge in [-0.2, -0.15) is 0 Å². The average Bonchev–Trinajstić information content (AvgIpc) is 3.48. The Bertz CT molecular complexity index is 1150. The molecule has 0 aliphatic heterocycles. The van der Waals surface area contributed by atoms with Gasteiger partial charge in [0.1, 0.15) is 12.6 Å². The van der Waals surface area contributed by atoms with Crippen molar-refractivity contribution in [1.82, 2.24) is 20.6 Å². The molecule has 182 valence electrons. The quantitative estimate of drug-likeness (QED) is 0.349. The van der Waals surface area contributed by atoms with E-state index in [1.165, 1.54) is 19.6 Å². The van der Waals surface area contributed by atoms with Crippen LogP contribution in [-0.4, -0.2) is 65.5 Å². The number of hydrogen-bond donors (Lipinski definition) is 4. The summed E-state index contributed by atoms with van der Waals surface area (Å²) in [7, 11) is 1.33. The number of carboxylic acid groups (broad SMARTS) is 1. The second-order valence-corrected chi connectivity index (χ2v) is 8.16. The van der Waals surface area contributed by atoms with Crippen LogP contribution >= 0.6 is 0 Å². The molecular weight excluding hydrogens is 452 g/mol. The van der Waals surface area contributed by atoms with Crippen LogP contribution in [0.3, 0.4) is 0 Å². The molecule has 2 aromatic carbocycles. The van der Waals surface area contributed by atoms with Crippen LogP contribution < -0.4 is 10.6 Å². The minimum absolute atomic E-state index is 0.0648. The fourth-order valence-corrected chi connectivity index (χ4v) is 4.22. The summed E-state index contributed by atoms with van der Waals surface area (Å²) < 4.78 is 10.4. The van der Waals surface area contributed by atoms with Crippen LogP contribution in [0.2, 0.25) is 0 Å². The topological polar surface area (TPSA) is 143 Å². The van der Waals surface area contributed by atoms with Crippen molar-refractivity contribution in [1.29, 1.82) is 0 Å². The van der Waals surface area contributed by atoms with Gasteiger partial charge in [0.05, 0.1) is 12.9 Å². The molecule has 0 fully saturated rings. The summed E-state index contributed by atoms with van der Waals surface area (Å²) in [4.78, 5) is 43.8. The largest absolute Gasteiger partial charge is 0.480 e. The number of nitrogens with one attached hydrogen (secondary N) is 3. The predicted octanol–water partition coefficient (Wildman–Crippen LogP) is 2.08. The maximum absolute atomic E-state index is 12.8. The first-order valence-electron chi connectivity index (χ1n) is 11.1. The number of benzene rings is 2. The van der Waals surface area contributed by atoms with Crippen molar-refractivity contribution in [2.24, 2.45) is 0 Å². The molecule has 0 saturated carbocycles. The van der Waals surface area contributed by atoms with Crippen molar-refractivity contribution in [3.63, 3.8) is 0 Å².